The summed E-state index contributed by atoms with van der Waals surface area (Å²) in [7, 11) is 4.87. The Hall–Kier alpha value is -1.46. The summed E-state index contributed by atoms with van der Waals surface area (Å²) in [6.07, 6.45) is 3.40. The van der Waals surface area contributed by atoms with Gasteiger partial charge in [0, 0.05) is 18.2 Å². The number of hydrogen-bond donors (Lipinski definition) is 1. The van der Waals surface area contributed by atoms with Crippen LogP contribution in [0, 0.1) is 0 Å². The van der Waals surface area contributed by atoms with E-state index < -0.39 is 0 Å². The molecule has 0 spiro atoms. The number of methoxy groups -OCH3 is 3. The fourth-order valence-corrected chi connectivity index (χ4v) is 2.27. The molecule has 0 saturated heterocycles. The molecule has 1 aliphatic rings. The fourth-order valence-electron chi connectivity index (χ4n) is 2.27. The lowest BCUT2D eigenvalue weighted by Crippen LogP contribution is -2.22. The molecule has 2 rings (SSSR count). The Balaban J connectivity index is 1.83. The summed E-state index contributed by atoms with van der Waals surface area (Å²) in [5.74, 6) is 2.03. The van der Waals surface area contributed by atoms with E-state index in [1.165, 1.54) is 12.8 Å². The smallest absolute Gasteiger partial charge is 0.203 e. The molecule has 118 valence electrons. The van der Waals surface area contributed by atoms with E-state index in [0.29, 0.717) is 18.1 Å². The molecule has 0 unspecified atom stereocenters. The predicted molar refractivity (Wildman–Crippen MR) is 81.6 cm³/mol. The molecule has 1 fully saturated rings. The third-order valence-electron chi connectivity index (χ3n) is 3.56. The topological polar surface area (TPSA) is 49.0 Å². The molecule has 1 aliphatic carbocycles. The minimum absolute atomic E-state index is 0.632. The van der Waals surface area contributed by atoms with Crippen LogP contribution in [0.5, 0.6) is 17.2 Å². The average Bonchev–Trinajstić information content (AvgIpc) is 3.33. The molecule has 0 aromatic heterocycles. The van der Waals surface area contributed by atoms with Crippen LogP contribution in [0.3, 0.4) is 0 Å². The first kappa shape index (κ1) is 15.9. The van der Waals surface area contributed by atoms with Crippen LogP contribution in [-0.2, 0) is 11.2 Å². The molecular formula is C16H25NO4. The normalized spacial score (nSPS) is 14.0. The van der Waals surface area contributed by atoms with Gasteiger partial charge in [-0.25, -0.2) is 0 Å². The van der Waals surface area contributed by atoms with Crippen LogP contribution in [0.1, 0.15) is 18.4 Å². The first-order valence-corrected chi connectivity index (χ1v) is 7.39. The van der Waals surface area contributed by atoms with E-state index in [2.05, 4.69) is 5.32 Å². The minimum atomic E-state index is 0.632. The van der Waals surface area contributed by atoms with E-state index in [1.54, 1.807) is 21.3 Å². The average molecular weight is 295 g/mol. The zero-order valence-corrected chi connectivity index (χ0v) is 13.1. The van der Waals surface area contributed by atoms with Gasteiger partial charge in [0.1, 0.15) is 0 Å². The fraction of sp³-hybridized carbons (Fsp3) is 0.625. The minimum Gasteiger partial charge on any atom is -0.493 e. The molecule has 0 amide bonds. The van der Waals surface area contributed by atoms with Gasteiger partial charge < -0.3 is 24.3 Å². The quantitative estimate of drug-likeness (QED) is 0.669. The van der Waals surface area contributed by atoms with E-state index in [9.17, 15) is 0 Å². The lowest BCUT2D eigenvalue weighted by Gasteiger charge is -2.15. The summed E-state index contributed by atoms with van der Waals surface area (Å²) < 4.78 is 21.8. The van der Waals surface area contributed by atoms with E-state index >= 15 is 0 Å². The molecule has 5 heteroatoms. The summed E-state index contributed by atoms with van der Waals surface area (Å²) in [6.45, 7) is 2.33. The third kappa shape index (κ3) is 4.51. The number of rotatable bonds is 10. The molecule has 1 N–H and O–H groups in total. The maximum Gasteiger partial charge on any atom is 0.203 e. The highest BCUT2D eigenvalue weighted by Crippen LogP contribution is 2.39. The van der Waals surface area contributed by atoms with Crippen molar-refractivity contribution in [2.24, 2.45) is 0 Å². The highest BCUT2D eigenvalue weighted by molar-refractivity contribution is 5.55. The van der Waals surface area contributed by atoms with Gasteiger partial charge in [-0.05, 0) is 25.3 Å². The van der Waals surface area contributed by atoms with Crippen molar-refractivity contribution in [3.63, 3.8) is 0 Å². The Morgan fingerprint density at radius 2 is 1.76 bits per heavy atom. The second-order valence-corrected chi connectivity index (χ2v) is 5.08. The second kappa shape index (κ2) is 8.10. The highest BCUT2D eigenvalue weighted by atomic mass is 16.5. The first-order valence-electron chi connectivity index (χ1n) is 7.39. The van der Waals surface area contributed by atoms with E-state index in [-0.39, 0.29) is 0 Å². The SMILES string of the molecule is COc1ccc(CCOCCNC2CC2)c(OC)c1OC. The summed E-state index contributed by atoms with van der Waals surface area (Å²) in [5.41, 5.74) is 1.06. The van der Waals surface area contributed by atoms with Gasteiger partial charge >= 0.3 is 0 Å². The summed E-state index contributed by atoms with van der Waals surface area (Å²) in [5, 5.41) is 3.42. The maximum atomic E-state index is 5.66. The summed E-state index contributed by atoms with van der Waals surface area (Å²) in [4.78, 5) is 0. The van der Waals surface area contributed by atoms with Gasteiger partial charge in [0.15, 0.2) is 11.5 Å². The first-order chi connectivity index (χ1) is 10.3. The van der Waals surface area contributed by atoms with Crippen LogP contribution in [0.25, 0.3) is 0 Å². The van der Waals surface area contributed by atoms with Gasteiger partial charge in [-0.3, -0.25) is 0 Å². The molecule has 0 atom stereocenters. The summed E-state index contributed by atoms with van der Waals surface area (Å²) in [6, 6.07) is 4.62. The van der Waals surface area contributed by atoms with Crippen molar-refractivity contribution in [3.05, 3.63) is 17.7 Å². The van der Waals surface area contributed by atoms with Crippen LogP contribution >= 0.6 is 0 Å². The predicted octanol–water partition coefficient (Wildman–Crippen LogP) is 2.02. The number of ether oxygens (including phenoxy) is 4. The Kier molecular flexibility index (Phi) is 6.14. The lowest BCUT2D eigenvalue weighted by atomic mass is 10.1. The third-order valence-corrected chi connectivity index (χ3v) is 3.56. The number of nitrogens with one attached hydrogen (secondary N) is 1. The largest absolute Gasteiger partial charge is 0.493 e. The van der Waals surface area contributed by atoms with Crippen LogP contribution in [0.15, 0.2) is 12.1 Å². The van der Waals surface area contributed by atoms with Crippen LogP contribution in [0.2, 0.25) is 0 Å². The molecule has 0 bridgehead atoms. The Labute approximate surface area is 126 Å². The Morgan fingerprint density at radius 1 is 1.00 bits per heavy atom. The van der Waals surface area contributed by atoms with Gasteiger partial charge in [0.25, 0.3) is 0 Å². The van der Waals surface area contributed by atoms with Crippen LogP contribution in [-0.4, -0.2) is 47.1 Å². The van der Waals surface area contributed by atoms with Crippen molar-refractivity contribution in [1.29, 1.82) is 0 Å². The molecule has 0 aliphatic heterocycles. The molecule has 0 radical (unpaired) electrons. The molecule has 0 heterocycles. The van der Waals surface area contributed by atoms with Crippen LogP contribution < -0.4 is 19.5 Å². The molecular weight excluding hydrogens is 270 g/mol. The Morgan fingerprint density at radius 3 is 2.38 bits per heavy atom. The zero-order chi connectivity index (χ0) is 15.1. The van der Waals surface area contributed by atoms with Crippen molar-refractivity contribution in [2.75, 3.05) is 41.1 Å². The van der Waals surface area contributed by atoms with Gasteiger partial charge in [-0.2, -0.15) is 0 Å². The lowest BCUT2D eigenvalue weighted by molar-refractivity contribution is 0.138. The van der Waals surface area contributed by atoms with Crippen molar-refractivity contribution < 1.29 is 18.9 Å². The van der Waals surface area contributed by atoms with E-state index in [4.69, 9.17) is 18.9 Å². The van der Waals surface area contributed by atoms with E-state index in [1.807, 2.05) is 12.1 Å². The maximum absolute atomic E-state index is 5.66. The number of benzene rings is 1. The van der Waals surface area contributed by atoms with Crippen molar-refractivity contribution in [1.82, 2.24) is 5.32 Å². The van der Waals surface area contributed by atoms with Crippen molar-refractivity contribution >= 4 is 0 Å². The standard InChI is InChI=1S/C16H25NO4/c1-18-14-7-4-12(15(19-2)16(14)20-3)8-10-21-11-9-17-13-5-6-13/h4,7,13,17H,5-6,8-11H2,1-3H3. The zero-order valence-electron chi connectivity index (χ0n) is 13.1. The van der Waals surface area contributed by atoms with E-state index in [0.717, 1.165) is 36.9 Å². The molecule has 1 aromatic carbocycles. The molecule has 21 heavy (non-hydrogen) atoms. The van der Waals surface area contributed by atoms with Gasteiger partial charge in [-0.1, -0.05) is 6.07 Å². The van der Waals surface area contributed by atoms with Crippen LogP contribution in [0.4, 0.5) is 0 Å². The Bertz CT molecular complexity index is 446. The number of hydrogen-bond acceptors (Lipinski definition) is 5. The van der Waals surface area contributed by atoms with Gasteiger partial charge in [-0.15, -0.1) is 0 Å². The van der Waals surface area contributed by atoms with Crippen molar-refractivity contribution in [3.8, 4) is 17.2 Å². The van der Waals surface area contributed by atoms with Gasteiger partial charge in [0.05, 0.1) is 34.5 Å². The summed E-state index contributed by atoms with van der Waals surface area (Å²) >= 11 is 0. The molecule has 1 aromatic rings. The monoisotopic (exact) mass is 295 g/mol. The van der Waals surface area contributed by atoms with Crippen molar-refractivity contribution in [2.45, 2.75) is 25.3 Å². The van der Waals surface area contributed by atoms with Gasteiger partial charge in [0.2, 0.25) is 5.75 Å². The molecule has 5 nitrogen and oxygen atoms in total. The highest BCUT2D eigenvalue weighted by Gasteiger charge is 2.19. The molecule has 1 saturated carbocycles. The second-order valence-electron chi connectivity index (χ2n) is 5.08.